The van der Waals surface area contributed by atoms with Crippen LogP contribution in [-0.2, 0) is 17.6 Å². The van der Waals surface area contributed by atoms with Crippen LogP contribution in [0, 0.1) is 0 Å². The molecule has 0 aromatic heterocycles. The highest BCUT2D eigenvalue weighted by molar-refractivity contribution is 5.54. The third kappa shape index (κ3) is 5.18. The SMILES string of the molecule is COc1c(O)cc(CCc2cc(O)c(OC)c(O[C@@H]3O[C@H](CO)[C@@H](O)[C@H](O)[C@H]3O)c2)cc1O. The molecule has 7 N–H and O–H groups in total. The summed E-state index contributed by atoms with van der Waals surface area (Å²) in [5, 5.41) is 69.8. The molecule has 2 aromatic carbocycles. The molecule has 0 radical (unpaired) electrons. The van der Waals surface area contributed by atoms with Crippen LogP contribution in [0.1, 0.15) is 11.1 Å². The van der Waals surface area contributed by atoms with Crippen LogP contribution in [0.3, 0.4) is 0 Å². The van der Waals surface area contributed by atoms with Crippen molar-refractivity contribution in [3.8, 4) is 34.5 Å². The lowest BCUT2D eigenvalue weighted by Crippen LogP contribution is -2.60. The lowest BCUT2D eigenvalue weighted by Gasteiger charge is -2.39. The number of hydrogen-bond acceptors (Lipinski definition) is 11. The fourth-order valence-corrected chi connectivity index (χ4v) is 3.67. The second-order valence-electron chi connectivity index (χ2n) is 7.63. The van der Waals surface area contributed by atoms with Crippen LogP contribution >= 0.6 is 0 Å². The van der Waals surface area contributed by atoms with Crippen molar-refractivity contribution in [3.63, 3.8) is 0 Å². The molecule has 11 nitrogen and oxygen atoms in total. The van der Waals surface area contributed by atoms with Gasteiger partial charge in [-0.15, -0.1) is 0 Å². The minimum Gasteiger partial charge on any atom is -0.504 e. The highest BCUT2D eigenvalue weighted by atomic mass is 16.7. The molecule has 5 atom stereocenters. The molecule has 2 aromatic rings. The Morgan fingerprint density at radius 3 is 1.79 bits per heavy atom. The maximum Gasteiger partial charge on any atom is 0.229 e. The predicted molar refractivity (Wildman–Crippen MR) is 113 cm³/mol. The Morgan fingerprint density at radius 2 is 1.27 bits per heavy atom. The molecule has 0 spiro atoms. The van der Waals surface area contributed by atoms with E-state index in [2.05, 4.69) is 0 Å². The lowest BCUT2D eigenvalue weighted by molar-refractivity contribution is -0.277. The summed E-state index contributed by atoms with van der Waals surface area (Å²) < 4.78 is 21.1. The molecule has 1 aliphatic rings. The van der Waals surface area contributed by atoms with E-state index >= 15 is 0 Å². The number of aromatic hydroxyl groups is 3. The Bertz CT molecular complexity index is 939. The number of benzene rings is 2. The Hall–Kier alpha value is -2.96. The summed E-state index contributed by atoms with van der Waals surface area (Å²) in [6, 6.07) is 5.88. The maximum absolute atomic E-state index is 10.4. The molecule has 1 aliphatic heterocycles. The predicted octanol–water partition coefficient (Wildman–Crippen LogP) is -0.216. The van der Waals surface area contributed by atoms with Gasteiger partial charge in [-0.05, 0) is 48.2 Å². The van der Waals surface area contributed by atoms with Crippen molar-refractivity contribution in [1.29, 1.82) is 0 Å². The number of aliphatic hydroxyl groups excluding tert-OH is 4. The molecule has 0 bridgehead atoms. The third-order valence-electron chi connectivity index (χ3n) is 5.41. The molecule has 1 fully saturated rings. The van der Waals surface area contributed by atoms with E-state index in [-0.39, 0.29) is 34.5 Å². The minimum atomic E-state index is -1.64. The van der Waals surface area contributed by atoms with E-state index in [4.69, 9.17) is 18.9 Å². The fourth-order valence-electron chi connectivity index (χ4n) is 3.67. The number of aliphatic hydroxyl groups is 4. The summed E-state index contributed by atoms with van der Waals surface area (Å²) in [5.74, 6) is -0.757. The van der Waals surface area contributed by atoms with Crippen molar-refractivity contribution in [3.05, 3.63) is 35.4 Å². The average molecular weight is 468 g/mol. The zero-order chi connectivity index (χ0) is 24.3. The molecule has 182 valence electrons. The number of phenolic OH excluding ortho intramolecular Hbond substituents is 3. The number of methoxy groups -OCH3 is 2. The van der Waals surface area contributed by atoms with Gasteiger partial charge in [-0.2, -0.15) is 0 Å². The summed E-state index contributed by atoms with van der Waals surface area (Å²) in [4.78, 5) is 0. The van der Waals surface area contributed by atoms with Crippen molar-refractivity contribution in [2.75, 3.05) is 20.8 Å². The van der Waals surface area contributed by atoms with E-state index < -0.39 is 37.3 Å². The molecule has 0 saturated carbocycles. The van der Waals surface area contributed by atoms with Gasteiger partial charge in [0.25, 0.3) is 0 Å². The van der Waals surface area contributed by atoms with E-state index in [0.29, 0.717) is 24.0 Å². The Balaban J connectivity index is 1.82. The van der Waals surface area contributed by atoms with Crippen molar-refractivity contribution in [1.82, 2.24) is 0 Å². The monoisotopic (exact) mass is 468 g/mol. The van der Waals surface area contributed by atoms with Gasteiger partial charge in [0.15, 0.2) is 23.0 Å². The number of rotatable bonds is 8. The van der Waals surface area contributed by atoms with Crippen molar-refractivity contribution in [2.45, 2.75) is 43.5 Å². The first-order chi connectivity index (χ1) is 15.7. The molecule has 33 heavy (non-hydrogen) atoms. The van der Waals surface area contributed by atoms with Crippen LogP contribution in [0.15, 0.2) is 24.3 Å². The van der Waals surface area contributed by atoms with Gasteiger partial charge in [0, 0.05) is 0 Å². The summed E-state index contributed by atoms with van der Waals surface area (Å²) in [6.45, 7) is -0.616. The standard InChI is InChI=1S/C22H28O11/c1-30-20-12(24)5-10(6-13(20)25)3-4-11-7-14(26)21(31-2)15(8-11)32-22-19(29)18(28)17(27)16(9-23)33-22/h5-8,16-19,22-29H,3-4,9H2,1-2H3/t16-,17-,18+,19-,22-/m1/s1. The zero-order valence-electron chi connectivity index (χ0n) is 18.1. The summed E-state index contributed by atoms with van der Waals surface area (Å²) >= 11 is 0. The van der Waals surface area contributed by atoms with Crippen LogP contribution < -0.4 is 14.2 Å². The number of ether oxygens (including phenoxy) is 4. The molecule has 3 rings (SSSR count). The van der Waals surface area contributed by atoms with Gasteiger partial charge >= 0.3 is 0 Å². The van der Waals surface area contributed by atoms with E-state index in [1.54, 1.807) is 0 Å². The maximum atomic E-state index is 10.4. The second-order valence-corrected chi connectivity index (χ2v) is 7.63. The number of aryl methyl sites for hydroxylation is 2. The fraction of sp³-hybridized carbons (Fsp3) is 0.455. The summed E-state index contributed by atoms with van der Waals surface area (Å²) in [5.41, 5.74) is 1.19. The molecule has 0 amide bonds. The normalized spacial score (nSPS) is 25.0. The lowest BCUT2D eigenvalue weighted by atomic mass is 9.99. The quantitative estimate of drug-likeness (QED) is 0.272. The molecular formula is C22H28O11. The first-order valence-corrected chi connectivity index (χ1v) is 10.2. The van der Waals surface area contributed by atoms with Crippen LogP contribution in [0.4, 0.5) is 0 Å². The van der Waals surface area contributed by atoms with Crippen LogP contribution in [0.2, 0.25) is 0 Å². The van der Waals surface area contributed by atoms with Gasteiger partial charge < -0.3 is 54.7 Å². The van der Waals surface area contributed by atoms with E-state index in [0.717, 1.165) is 0 Å². The van der Waals surface area contributed by atoms with Crippen molar-refractivity contribution in [2.24, 2.45) is 0 Å². The third-order valence-corrected chi connectivity index (χ3v) is 5.41. The Labute approximate surface area is 189 Å². The molecule has 1 heterocycles. The van der Waals surface area contributed by atoms with Crippen LogP contribution in [0.5, 0.6) is 34.5 Å². The van der Waals surface area contributed by atoms with Crippen LogP contribution in [-0.4, -0.2) is 87.3 Å². The molecule has 1 saturated heterocycles. The van der Waals surface area contributed by atoms with E-state index in [1.165, 1.54) is 38.5 Å². The molecular weight excluding hydrogens is 440 g/mol. The number of phenols is 3. The molecule has 11 heteroatoms. The first kappa shape index (κ1) is 24.7. The van der Waals surface area contributed by atoms with E-state index in [9.17, 15) is 35.7 Å². The van der Waals surface area contributed by atoms with Gasteiger partial charge in [-0.1, -0.05) is 0 Å². The second kappa shape index (κ2) is 10.3. The van der Waals surface area contributed by atoms with Gasteiger partial charge in [0.1, 0.15) is 24.4 Å². The van der Waals surface area contributed by atoms with Gasteiger partial charge in [0.2, 0.25) is 17.8 Å². The summed E-state index contributed by atoms with van der Waals surface area (Å²) in [7, 11) is 2.63. The topological polar surface area (TPSA) is 179 Å². The minimum absolute atomic E-state index is 0.00254. The largest absolute Gasteiger partial charge is 0.504 e. The van der Waals surface area contributed by atoms with Gasteiger partial charge in [0.05, 0.1) is 20.8 Å². The van der Waals surface area contributed by atoms with Crippen molar-refractivity contribution >= 4 is 0 Å². The van der Waals surface area contributed by atoms with Crippen molar-refractivity contribution < 1.29 is 54.7 Å². The van der Waals surface area contributed by atoms with Gasteiger partial charge in [-0.25, -0.2) is 0 Å². The molecule has 0 unspecified atom stereocenters. The Morgan fingerprint density at radius 1 is 0.758 bits per heavy atom. The first-order valence-electron chi connectivity index (χ1n) is 10.2. The van der Waals surface area contributed by atoms with Crippen LogP contribution in [0.25, 0.3) is 0 Å². The van der Waals surface area contributed by atoms with E-state index in [1.807, 2.05) is 0 Å². The average Bonchev–Trinajstić information content (AvgIpc) is 2.77. The highest BCUT2D eigenvalue weighted by Gasteiger charge is 2.45. The highest BCUT2D eigenvalue weighted by Crippen LogP contribution is 2.40. The molecule has 0 aliphatic carbocycles. The Kier molecular flexibility index (Phi) is 7.72. The number of hydrogen-bond donors (Lipinski definition) is 7. The smallest absolute Gasteiger partial charge is 0.229 e. The summed E-state index contributed by atoms with van der Waals surface area (Å²) in [6.07, 6.45) is -6.69. The zero-order valence-corrected chi connectivity index (χ0v) is 18.1. The van der Waals surface area contributed by atoms with Gasteiger partial charge in [-0.3, -0.25) is 0 Å².